The first-order chi connectivity index (χ1) is 14.0. The van der Waals surface area contributed by atoms with Crippen LogP contribution in [0.1, 0.15) is 33.6 Å². The Balaban J connectivity index is 1.76. The third-order valence-corrected chi connectivity index (χ3v) is 7.93. The van der Waals surface area contributed by atoms with E-state index in [0.29, 0.717) is 13.1 Å². The van der Waals surface area contributed by atoms with Crippen LogP contribution in [0, 0.1) is 5.92 Å². The minimum Gasteiger partial charge on any atom is -0.323 e. The van der Waals surface area contributed by atoms with E-state index >= 15 is 0 Å². The third-order valence-electron chi connectivity index (χ3n) is 5.55. The van der Waals surface area contributed by atoms with E-state index in [4.69, 9.17) is 11.6 Å². The molecule has 1 aliphatic carbocycles. The summed E-state index contributed by atoms with van der Waals surface area (Å²) in [5, 5.41) is 5.32. The van der Waals surface area contributed by atoms with Crippen molar-refractivity contribution in [3.63, 3.8) is 0 Å². The molecule has 0 radical (unpaired) electrons. The number of sulfonamides is 1. The number of rotatable bonds is 8. The van der Waals surface area contributed by atoms with Crippen molar-refractivity contribution in [2.24, 2.45) is 5.92 Å². The van der Waals surface area contributed by atoms with Crippen LogP contribution in [0.3, 0.4) is 0 Å². The number of carbonyl (C=O) groups is 3. The first kappa shape index (κ1) is 22.5. The third kappa shape index (κ3) is 4.03. The Hall–Kier alpha value is -2.17. The number of carbonyl (C=O) groups excluding carboxylic acids is 3. The summed E-state index contributed by atoms with van der Waals surface area (Å²) >= 11 is 6.12. The summed E-state index contributed by atoms with van der Waals surface area (Å²) in [5.41, 5.74) is -0.890. The summed E-state index contributed by atoms with van der Waals surface area (Å²) in [7, 11) is -3.74. The van der Waals surface area contributed by atoms with Crippen LogP contribution in [0.4, 0.5) is 10.5 Å². The molecule has 30 heavy (non-hydrogen) atoms. The molecule has 1 aromatic carbocycles. The Morgan fingerprint density at radius 3 is 2.50 bits per heavy atom. The number of nitrogens with zero attached hydrogens (tertiary/aromatic N) is 2. The molecule has 1 aromatic rings. The lowest BCUT2D eigenvalue weighted by molar-refractivity contribution is -0.134. The molecule has 4 amide bonds. The van der Waals surface area contributed by atoms with Gasteiger partial charge in [-0.25, -0.2) is 13.2 Å². The Labute approximate surface area is 180 Å². The molecule has 1 unspecified atom stereocenters. The highest BCUT2D eigenvalue weighted by Gasteiger charge is 2.56. The number of halogens is 1. The lowest BCUT2D eigenvalue weighted by atomic mass is 9.96. The quantitative estimate of drug-likeness (QED) is 0.580. The summed E-state index contributed by atoms with van der Waals surface area (Å²) in [6.45, 7) is 5.24. The zero-order chi connectivity index (χ0) is 22.3. The van der Waals surface area contributed by atoms with Gasteiger partial charge in [0, 0.05) is 13.1 Å². The van der Waals surface area contributed by atoms with E-state index in [1.54, 1.807) is 20.8 Å². The van der Waals surface area contributed by atoms with Crippen LogP contribution in [-0.4, -0.2) is 60.6 Å². The first-order valence-electron chi connectivity index (χ1n) is 9.78. The van der Waals surface area contributed by atoms with Crippen molar-refractivity contribution in [3.05, 3.63) is 23.2 Å². The van der Waals surface area contributed by atoms with E-state index in [9.17, 15) is 22.8 Å². The molecule has 3 rings (SSSR count). The monoisotopic (exact) mass is 456 g/mol. The van der Waals surface area contributed by atoms with Gasteiger partial charge in [0.05, 0.1) is 15.6 Å². The van der Waals surface area contributed by atoms with Gasteiger partial charge in [0.2, 0.25) is 15.9 Å². The van der Waals surface area contributed by atoms with Crippen LogP contribution in [0.15, 0.2) is 23.1 Å². The van der Waals surface area contributed by atoms with Crippen LogP contribution in [0.2, 0.25) is 5.02 Å². The highest BCUT2D eigenvalue weighted by atomic mass is 35.5. The van der Waals surface area contributed by atoms with Gasteiger partial charge in [-0.1, -0.05) is 25.4 Å². The minimum atomic E-state index is -3.74. The number of anilines is 1. The van der Waals surface area contributed by atoms with Crippen molar-refractivity contribution in [1.82, 2.24) is 14.5 Å². The Morgan fingerprint density at radius 1 is 1.30 bits per heavy atom. The van der Waals surface area contributed by atoms with Gasteiger partial charge >= 0.3 is 6.03 Å². The molecule has 1 aliphatic heterocycles. The molecule has 1 saturated carbocycles. The average Bonchev–Trinajstić information content (AvgIpc) is 3.50. The van der Waals surface area contributed by atoms with Crippen molar-refractivity contribution in [1.29, 1.82) is 0 Å². The fourth-order valence-corrected chi connectivity index (χ4v) is 5.25. The molecule has 9 nitrogen and oxygen atoms in total. The van der Waals surface area contributed by atoms with Crippen LogP contribution in [0.25, 0.3) is 0 Å². The number of nitrogens with one attached hydrogen (secondary N) is 2. The maximum absolute atomic E-state index is 12.7. The molecule has 11 heteroatoms. The normalized spacial score (nSPS) is 21.8. The van der Waals surface area contributed by atoms with Crippen LogP contribution in [-0.2, 0) is 19.6 Å². The second-order valence-corrected chi connectivity index (χ2v) is 9.92. The lowest BCUT2D eigenvalue weighted by Gasteiger charge is -2.21. The summed E-state index contributed by atoms with van der Waals surface area (Å²) in [6, 6.07) is 3.40. The minimum absolute atomic E-state index is 0.0119. The second-order valence-electron chi connectivity index (χ2n) is 7.58. The predicted octanol–water partition coefficient (Wildman–Crippen LogP) is 2.03. The molecule has 1 heterocycles. The molecule has 0 bridgehead atoms. The summed E-state index contributed by atoms with van der Waals surface area (Å²) in [5.74, 6) is -1.01. The number of hydrogen-bond donors (Lipinski definition) is 2. The standard InChI is InChI=1S/C19H25ClN4O5S/c1-4-23(5-2)30(28,29)13-8-9-14(20)15(10-13)21-16(25)11-24-17(26)19(3,12-6-7-12)22-18(24)27/h8-10,12H,4-7,11H2,1-3H3,(H,21,25)(H,22,27). The maximum atomic E-state index is 12.7. The van der Waals surface area contributed by atoms with Gasteiger partial charge in [-0.2, -0.15) is 4.31 Å². The Kier molecular flexibility index (Phi) is 6.13. The van der Waals surface area contributed by atoms with E-state index in [1.165, 1.54) is 22.5 Å². The fraction of sp³-hybridized carbons (Fsp3) is 0.526. The van der Waals surface area contributed by atoms with Crippen molar-refractivity contribution in [3.8, 4) is 0 Å². The van der Waals surface area contributed by atoms with Gasteiger partial charge in [0.25, 0.3) is 5.91 Å². The van der Waals surface area contributed by atoms with Crippen LogP contribution in [0.5, 0.6) is 0 Å². The molecular formula is C19H25ClN4O5S. The molecule has 2 N–H and O–H groups in total. The van der Waals surface area contributed by atoms with E-state index < -0.39 is 40.0 Å². The number of hydrogen-bond acceptors (Lipinski definition) is 5. The van der Waals surface area contributed by atoms with Crippen molar-refractivity contribution in [2.45, 2.75) is 44.0 Å². The number of benzene rings is 1. The van der Waals surface area contributed by atoms with E-state index in [0.717, 1.165) is 17.7 Å². The molecule has 0 aromatic heterocycles. The first-order valence-corrected chi connectivity index (χ1v) is 11.6. The molecule has 1 saturated heterocycles. The summed E-state index contributed by atoms with van der Waals surface area (Å²) < 4.78 is 26.7. The van der Waals surface area contributed by atoms with Crippen molar-refractivity contribution < 1.29 is 22.8 Å². The topological polar surface area (TPSA) is 116 Å². The maximum Gasteiger partial charge on any atom is 0.325 e. The van der Waals surface area contributed by atoms with Gasteiger partial charge in [0.1, 0.15) is 12.1 Å². The van der Waals surface area contributed by atoms with Gasteiger partial charge in [-0.15, -0.1) is 0 Å². The highest BCUT2D eigenvalue weighted by molar-refractivity contribution is 7.89. The van der Waals surface area contributed by atoms with E-state index in [2.05, 4.69) is 10.6 Å². The lowest BCUT2D eigenvalue weighted by Crippen LogP contribution is -2.46. The van der Waals surface area contributed by atoms with Crippen LogP contribution >= 0.6 is 11.6 Å². The predicted molar refractivity (Wildman–Crippen MR) is 112 cm³/mol. The number of urea groups is 1. The second kappa shape index (κ2) is 8.16. The average molecular weight is 457 g/mol. The van der Waals surface area contributed by atoms with Gasteiger partial charge in [0.15, 0.2) is 0 Å². The Bertz CT molecular complexity index is 991. The molecule has 2 aliphatic rings. The molecule has 164 valence electrons. The Morgan fingerprint density at radius 2 is 1.93 bits per heavy atom. The number of imide groups is 1. The van der Waals surface area contributed by atoms with Crippen molar-refractivity contribution >= 4 is 45.2 Å². The van der Waals surface area contributed by atoms with Crippen LogP contribution < -0.4 is 10.6 Å². The van der Waals surface area contributed by atoms with Gasteiger partial charge in [-0.3, -0.25) is 14.5 Å². The summed E-state index contributed by atoms with van der Waals surface area (Å²) in [4.78, 5) is 38.2. The molecule has 0 spiro atoms. The van der Waals surface area contributed by atoms with Crippen molar-refractivity contribution in [2.75, 3.05) is 25.0 Å². The number of amides is 4. The zero-order valence-electron chi connectivity index (χ0n) is 17.1. The SMILES string of the molecule is CCN(CC)S(=O)(=O)c1ccc(Cl)c(NC(=O)CN2C(=O)NC(C)(C3CC3)C2=O)c1. The summed E-state index contributed by atoms with van der Waals surface area (Å²) in [6.07, 6.45) is 1.71. The fourth-order valence-electron chi connectivity index (χ4n) is 3.60. The highest BCUT2D eigenvalue weighted by Crippen LogP contribution is 2.42. The van der Waals surface area contributed by atoms with E-state index in [-0.39, 0.29) is 21.5 Å². The molecule has 1 atom stereocenters. The largest absolute Gasteiger partial charge is 0.325 e. The molecular weight excluding hydrogens is 432 g/mol. The zero-order valence-corrected chi connectivity index (χ0v) is 18.6. The van der Waals surface area contributed by atoms with E-state index in [1.807, 2.05) is 0 Å². The van der Waals surface area contributed by atoms with Gasteiger partial charge < -0.3 is 10.6 Å². The smallest absolute Gasteiger partial charge is 0.323 e. The van der Waals surface area contributed by atoms with Gasteiger partial charge in [-0.05, 0) is 43.9 Å². The molecule has 2 fully saturated rings.